The van der Waals surface area contributed by atoms with Crippen LogP contribution in [0.3, 0.4) is 0 Å². The average Bonchev–Trinajstić information content (AvgIpc) is 3.18. The Bertz CT molecular complexity index is 402. The van der Waals surface area contributed by atoms with Gasteiger partial charge in [-0.3, -0.25) is 0 Å². The normalized spacial score (nSPS) is 16.4. The number of methoxy groups -OCH3 is 1. The van der Waals surface area contributed by atoms with Gasteiger partial charge in [0.05, 0.1) is 20.3 Å². The van der Waals surface area contributed by atoms with E-state index in [4.69, 9.17) is 9.47 Å². The van der Waals surface area contributed by atoms with Crippen molar-refractivity contribution in [1.82, 2.24) is 5.32 Å². The van der Waals surface area contributed by atoms with Gasteiger partial charge in [0, 0.05) is 12.1 Å². The van der Waals surface area contributed by atoms with E-state index < -0.39 is 0 Å². The van der Waals surface area contributed by atoms with Gasteiger partial charge in [0.1, 0.15) is 0 Å². The van der Waals surface area contributed by atoms with Crippen LogP contribution in [0.15, 0.2) is 18.2 Å². The molecule has 1 saturated carbocycles. The summed E-state index contributed by atoms with van der Waals surface area (Å²) >= 11 is 0. The third-order valence-electron chi connectivity index (χ3n) is 3.35. The third-order valence-corrected chi connectivity index (χ3v) is 3.35. The number of benzene rings is 1. The van der Waals surface area contributed by atoms with Gasteiger partial charge in [-0.15, -0.1) is 0 Å². The Morgan fingerprint density at radius 1 is 1.33 bits per heavy atom. The van der Waals surface area contributed by atoms with Gasteiger partial charge in [-0.1, -0.05) is 6.07 Å². The second kappa shape index (κ2) is 5.59. The Hall–Kier alpha value is -1.26. The van der Waals surface area contributed by atoms with E-state index in [-0.39, 0.29) is 12.1 Å². The van der Waals surface area contributed by atoms with E-state index in [0.717, 1.165) is 36.4 Å². The molecule has 1 aliphatic carbocycles. The molecule has 0 amide bonds. The van der Waals surface area contributed by atoms with Crippen molar-refractivity contribution < 1.29 is 14.6 Å². The van der Waals surface area contributed by atoms with Gasteiger partial charge >= 0.3 is 0 Å². The van der Waals surface area contributed by atoms with Crippen molar-refractivity contribution in [1.29, 1.82) is 0 Å². The zero-order valence-electron chi connectivity index (χ0n) is 11.0. The fraction of sp³-hybridized carbons (Fsp3) is 0.571. The van der Waals surface area contributed by atoms with Crippen LogP contribution in [0.4, 0.5) is 0 Å². The molecule has 0 heterocycles. The standard InChI is InChI=1S/C14H21NO3/c1-3-18-12-5-4-11(8-13(12)17-2)9-15-14(10-16)6-7-14/h4-5,8,15-16H,3,6-7,9-10H2,1-2H3. The van der Waals surface area contributed by atoms with Gasteiger partial charge in [-0.05, 0) is 37.5 Å². The minimum Gasteiger partial charge on any atom is -0.493 e. The molecule has 0 atom stereocenters. The molecule has 0 saturated heterocycles. The van der Waals surface area contributed by atoms with Gasteiger partial charge < -0.3 is 19.9 Å². The lowest BCUT2D eigenvalue weighted by Crippen LogP contribution is -2.34. The maximum absolute atomic E-state index is 9.24. The smallest absolute Gasteiger partial charge is 0.161 e. The van der Waals surface area contributed by atoms with Crippen molar-refractivity contribution >= 4 is 0 Å². The molecule has 0 aromatic heterocycles. The third kappa shape index (κ3) is 2.94. The van der Waals surface area contributed by atoms with Crippen LogP contribution in [0.5, 0.6) is 11.5 Å². The molecule has 2 N–H and O–H groups in total. The van der Waals surface area contributed by atoms with Crippen molar-refractivity contribution in [2.24, 2.45) is 0 Å². The summed E-state index contributed by atoms with van der Waals surface area (Å²) in [5, 5.41) is 12.6. The summed E-state index contributed by atoms with van der Waals surface area (Å²) in [6.45, 7) is 3.53. The molecule has 0 spiro atoms. The highest BCUT2D eigenvalue weighted by molar-refractivity contribution is 5.43. The van der Waals surface area contributed by atoms with Crippen molar-refractivity contribution in [2.45, 2.75) is 31.8 Å². The first-order chi connectivity index (χ1) is 8.73. The molecule has 18 heavy (non-hydrogen) atoms. The van der Waals surface area contributed by atoms with E-state index in [0.29, 0.717) is 6.61 Å². The Morgan fingerprint density at radius 2 is 2.11 bits per heavy atom. The second-order valence-corrected chi connectivity index (χ2v) is 4.71. The minimum absolute atomic E-state index is 0.0359. The zero-order valence-corrected chi connectivity index (χ0v) is 11.0. The number of aliphatic hydroxyl groups excluding tert-OH is 1. The Balaban J connectivity index is 2.00. The fourth-order valence-corrected chi connectivity index (χ4v) is 1.93. The first-order valence-corrected chi connectivity index (χ1v) is 6.38. The Kier molecular flexibility index (Phi) is 4.09. The van der Waals surface area contributed by atoms with Crippen LogP contribution in [-0.4, -0.2) is 31.0 Å². The summed E-state index contributed by atoms with van der Waals surface area (Å²) < 4.78 is 10.8. The lowest BCUT2D eigenvalue weighted by molar-refractivity contribution is 0.229. The molecule has 0 radical (unpaired) electrons. The number of nitrogens with one attached hydrogen (secondary N) is 1. The maximum Gasteiger partial charge on any atom is 0.161 e. The molecule has 1 aromatic rings. The predicted molar refractivity (Wildman–Crippen MR) is 70.1 cm³/mol. The van der Waals surface area contributed by atoms with E-state index >= 15 is 0 Å². The van der Waals surface area contributed by atoms with Crippen LogP contribution in [-0.2, 0) is 6.54 Å². The zero-order chi connectivity index (χ0) is 13.0. The number of hydrogen-bond acceptors (Lipinski definition) is 4. The maximum atomic E-state index is 9.24. The molecule has 1 aliphatic rings. The minimum atomic E-state index is -0.0359. The predicted octanol–water partition coefficient (Wildman–Crippen LogP) is 1.71. The highest BCUT2D eigenvalue weighted by Gasteiger charge is 2.41. The van der Waals surface area contributed by atoms with E-state index in [1.54, 1.807) is 7.11 Å². The van der Waals surface area contributed by atoms with Crippen LogP contribution in [0, 0.1) is 0 Å². The molecular weight excluding hydrogens is 230 g/mol. The van der Waals surface area contributed by atoms with Gasteiger partial charge in [0.25, 0.3) is 0 Å². The number of hydrogen-bond donors (Lipinski definition) is 2. The summed E-state index contributed by atoms with van der Waals surface area (Å²) in [5.41, 5.74) is 1.10. The Morgan fingerprint density at radius 3 is 2.67 bits per heavy atom. The fourth-order valence-electron chi connectivity index (χ4n) is 1.93. The SMILES string of the molecule is CCOc1ccc(CNC2(CO)CC2)cc1OC. The van der Waals surface area contributed by atoms with Crippen LogP contribution < -0.4 is 14.8 Å². The van der Waals surface area contributed by atoms with Crippen LogP contribution in [0.25, 0.3) is 0 Å². The number of rotatable bonds is 7. The first kappa shape index (κ1) is 13.2. The average molecular weight is 251 g/mol. The molecule has 0 aliphatic heterocycles. The molecule has 1 aromatic carbocycles. The molecule has 0 bridgehead atoms. The number of aliphatic hydroxyl groups is 1. The molecule has 4 nitrogen and oxygen atoms in total. The molecule has 100 valence electrons. The highest BCUT2D eigenvalue weighted by Crippen LogP contribution is 2.35. The van der Waals surface area contributed by atoms with Gasteiger partial charge in [-0.2, -0.15) is 0 Å². The first-order valence-electron chi connectivity index (χ1n) is 6.38. The summed E-state index contributed by atoms with van der Waals surface area (Å²) in [6.07, 6.45) is 2.11. The second-order valence-electron chi connectivity index (χ2n) is 4.71. The number of ether oxygens (including phenoxy) is 2. The van der Waals surface area contributed by atoms with Crippen molar-refractivity contribution in [3.05, 3.63) is 23.8 Å². The molecule has 2 rings (SSSR count). The molecule has 4 heteroatoms. The van der Waals surface area contributed by atoms with E-state index in [2.05, 4.69) is 5.32 Å². The largest absolute Gasteiger partial charge is 0.493 e. The van der Waals surface area contributed by atoms with E-state index in [1.807, 2.05) is 25.1 Å². The van der Waals surface area contributed by atoms with E-state index in [9.17, 15) is 5.11 Å². The highest BCUT2D eigenvalue weighted by atomic mass is 16.5. The van der Waals surface area contributed by atoms with Gasteiger partial charge in [0.2, 0.25) is 0 Å². The van der Waals surface area contributed by atoms with Crippen molar-refractivity contribution in [3.63, 3.8) is 0 Å². The molecular formula is C14H21NO3. The van der Waals surface area contributed by atoms with Crippen molar-refractivity contribution in [2.75, 3.05) is 20.3 Å². The van der Waals surface area contributed by atoms with E-state index in [1.165, 1.54) is 0 Å². The Labute approximate surface area is 108 Å². The lowest BCUT2D eigenvalue weighted by atomic mass is 10.2. The van der Waals surface area contributed by atoms with Crippen LogP contribution in [0.1, 0.15) is 25.3 Å². The van der Waals surface area contributed by atoms with Crippen molar-refractivity contribution in [3.8, 4) is 11.5 Å². The quantitative estimate of drug-likeness (QED) is 0.774. The van der Waals surface area contributed by atoms with Gasteiger partial charge in [0.15, 0.2) is 11.5 Å². The molecule has 0 unspecified atom stereocenters. The van der Waals surface area contributed by atoms with Crippen LogP contribution >= 0.6 is 0 Å². The summed E-state index contributed by atoms with van der Waals surface area (Å²) in [5.74, 6) is 1.53. The monoisotopic (exact) mass is 251 g/mol. The summed E-state index contributed by atoms with van der Waals surface area (Å²) in [7, 11) is 1.64. The summed E-state index contributed by atoms with van der Waals surface area (Å²) in [4.78, 5) is 0. The lowest BCUT2D eigenvalue weighted by Gasteiger charge is -2.15. The topological polar surface area (TPSA) is 50.7 Å². The van der Waals surface area contributed by atoms with Gasteiger partial charge in [-0.25, -0.2) is 0 Å². The summed E-state index contributed by atoms with van der Waals surface area (Å²) in [6, 6.07) is 5.93. The molecule has 1 fully saturated rings. The van der Waals surface area contributed by atoms with Crippen LogP contribution in [0.2, 0.25) is 0 Å².